The van der Waals surface area contributed by atoms with Gasteiger partial charge < -0.3 is 58.6 Å². The number of aromatic amines is 1. The number of benzene rings is 2. The van der Waals surface area contributed by atoms with Gasteiger partial charge in [-0.1, -0.05) is 82.5 Å². The molecule has 84 heavy (non-hydrogen) atoms. The fourth-order valence-electron chi connectivity index (χ4n) is 9.87. The fourth-order valence-corrected chi connectivity index (χ4v) is 9.87. The molecular formula is C60H87N11O13. The number of hydrogen-bond donors (Lipinski definition) is 13. The highest BCUT2D eigenvalue weighted by Gasteiger charge is 2.40. The largest absolute Gasteiger partial charge is 0.508 e. The van der Waals surface area contributed by atoms with Gasteiger partial charge in [0.25, 0.3) is 0 Å². The number of amides is 8. The van der Waals surface area contributed by atoms with E-state index in [4.69, 9.17) is 11.5 Å². The molecule has 4 rings (SSSR count). The van der Waals surface area contributed by atoms with Crippen LogP contribution in [0.1, 0.15) is 143 Å². The number of fused-ring (bicyclic) bond motifs is 1. The Balaban J connectivity index is 1.76. The molecule has 9 atom stereocenters. The molecule has 0 aliphatic carbocycles. The normalized spacial score (nSPS) is 25.3. The number of aromatic hydroxyl groups is 1. The molecule has 0 saturated heterocycles. The molecule has 0 saturated carbocycles. The van der Waals surface area contributed by atoms with Crippen molar-refractivity contribution in [2.24, 2.45) is 22.8 Å². The van der Waals surface area contributed by atoms with Crippen molar-refractivity contribution in [3.8, 4) is 5.75 Å². The lowest BCUT2D eigenvalue weighted by molar-refractivity contribution is -0.141. The second-order valence-corrected chi connectivity index (χ2v) is 22.9. The van der Waals surface area contributed by atoms with Crippen molar-refractivity contribution < 1.29 is 63.0 Å². The van der Waals surface area contributed by atoms with Crippen LogP contribution in [-0.4, -0.2) is 134 Å². The molecule has 24 nitrogen and oxygen atoms in total. The first-order valence-corrected chi connectivity index (χ1v) is 28.8. The first-order valence-electron chi connectivity index (χ1n) is 28.8. The molecule has 0 bridgehead atoms. The Kier molecular flexibility index (Phi) is 26.9. The predicted octanol–water partition coefficient (Wildman–Crippen LogP) is 1.82. The van der Waals surface area contributed by atoms with Crippen LogP contribution in [0.5, 0.6) is 5.75 Å². The molecule has 2 unspecified atom stereocenters. The van der Waals surface area contributed by atoms with E-state index in [0.717, 1.165) is 19.3 Å². The minimum absolute atomic E-state index is 0.0241. The number of hydrazine groups is 1. The molecule has 8 amide bonds. The molecule has 2 heterocycles. The van der Waals surface area contributed by atoms with Gasteiger partial charge >= 0.3 is 0 Å². The lowest BCUT2D eigenvalue weighted by Gasteiger charge is -2.33. The topological polar surface area (TPSA) is 392 Å². The standard InChI is InChI=1S/C60H87N11O13/c1-35(2)29-45-51(77)50(76)44(25-26-49(61)75)66-53(79)37(4)64-55(81)47(31-40-33-63-43-20-16-15-19-42(40)43)68-56(82)46(30-39-21-23-41(74)24-22-39)67-54(80)38(5)65-57(83)59(6,32-36(3)73)27-17-13-11-9-8-10-12-14-18-28-60(7,71-70-45)58(84)69-48(34-72)52(62)78/h10,12,15-16,19-24,33,35,37-38,44-48,63,70-72,74H,8-9,11,13-14,17-18,25-32,34H2,1-7H3,(H2,61,75)(H2,62,78)(H,64,81)(H,65,83)(H,66,79)(H,67,80)(H,68,82)(H,69,84)/t37?,38?,44-,45-,46-,47+,48-,59-,60-/m0/s1. The molecule has 460 valence electrons. The number of phenolic OH excluding ortho intramolecular Hbond substituents is 1. The maximum atomic E-state index is 14.7. The second kappa shape index (κ2) is 32.9. The van der Waals surface area contributed by atoms with Crippen LogP contribution in [0.25, 0.3) is 10.9 Å². The smallest absolute Gasteiger partial charge is 0.243 e. The number of aliphatic hydroxyl groups is 1. The van der Waals surface area contributed by atoms with E-state index in [2.05, 4.69) is 47.7 Å². The number of allylic oxidation sites excluding steroid dienone is 2. The molecule has 2 aromatic carbocycles. The molecule has 1 aliphatic rings. The third-order valence-corrected chi connectivity index (χ3v) is 14.9. The monoisotopic (exact) mass is 1170 g/mol. The highest BCUT2D eigenvalue weighted by molar-refractivity contribution is 6.41. The number of primary amides is 2. The number of aromatic nitrogens is 1. The Morgan fingerprint density at radius 1 is 0.702 bits per heavy atom. The van der Waals surface area contributed by atoms with Crippen LogP contribution in [-0.2, 0) is 65.6 Å². The minimum Gasteiger partial charge on any atom is -0.508 e. The average Bonchev–Trinajstić information content (AvgIpc) is 3.98. The van der Waals surface area contributed by atoms with Crippen LogP contribution in [0.15, 0.2) is 66.9 Å². The van der Waals surface area contributed by atoms with Crippen LogP contribution in [0.2, 0.25) is 0 Å². The number of nitrogens with one attached hydrogen (secondary N) is 9. The summed E-state index contributed by atoms with van der Waals surface area (Å²) in [6.45, 7) is 10.1. The van der Waals surface area contributed by atoms with E-state index in [1.54, 1.807) is 57.3 Å². The molecule has 15 N–H and O–H groups in total. The van der Waals surface area contributed by atoms with Gasteiger partial charge in [0, 0.05) is 42.8 Å². The summed E-state index contributed by atoms with van der Waals surface area (Å²) in [6.07, 6.45) is 9.31. The molecule has 0 spiro atoms. The summed E-state index contributed by atoms with van der Waals surface area (Å²) >= 11 is 0. The van der Waals surface area contributed by atoms with Gasteiger partial charge in [-0.3, -0.25) is 52.7 Å². The third kappa shape index (κ3) is 21.4. The summed E-state index contributed by atoms with van der Waals surface area (Å²) in [4.78, 5) is 154. The van der Waals surface area contributed by atoms with E-state index in [-0.39, 0.29) is 49.6 Å². The van der Waals surface area contributed by atoms with E-state index in [0.29, 0.717) is 54.1 Å². The zero-order chi connectivity index (χ0) is 62.3. The van der Waals surface area contributed by atoms with Crippen LogP contribution in [0.4, 0.5) is 0 Å². The Labute approximate surface area is 490 Å². The van der Waals surface area contributed by atoms with Crippen LogP contribution in [0, 0.1) is 11.3 Å². The van der Waals surface area contributed by atoms with Crippen molar-refractivity contribution >= 4 is 75.5 Å². The van der Waals surface area contributed by atoms with E-state index in [9.17, 15) is 63.0 Å². The first-order chi connectivity index (χ1) is 39.7. The lowest BCUT2D eigenvalue weighted by Crippen LogP contribution is -2.65. The maximum Gasteiger partial charge on any atom is 0.243 e. The molecule has 1 aliphatic heterocycles. The molecule has 1 aromatic heterocycles. The van der Waals surface area contributed by atoms with E-state index >= 15 is 0 Å². The number of carbonyl (C=O) groups excluding carboxylic acids is 11. The van der Waals surface area contributed by atoms with Gasteiger partial charge in [-0.05, 0) is 114 Å². The van der Waals surface area contributed by atoms with Gasteiger partial charge in [0.1, 0.15) is 47.3 Å². The number of H-pyrrole nitrogens is 1. The number of nitrogens with two attached hydrogens (primary N) is 2. The van der Waals surface area contributed by atoms with Gasteiger partial charge in [-0.15, -0.1) is 0 Å². The van der Waals surface area contributed by atoms with Gasteiger partial charge in [0.05, 0.1) is 24.1 Å². The fraction of sp³-hybridized carbons (Fsp3) is 0.550. The Hall–Kier alpha value is -7.83. The van der Waals surface area contributed by atoms with E-state index in [1.165, 1.54) is 39.8 Å². The molecule has 0 fully saturated rings. The number of aliphatic hydroxyl groups excluding tert-OH is 1. The number of carbonyl (C=O) groups is 11. The van der Waals surface area contributed by atoms with Crippen molar-refractivity contribution in [1.82, 2.24) is 47.7 Å². The van der Waals surface area contributed by atoms with E-state index < -0.39 is 132 Å². The zero-order valence-corrected chi connectivity index (χ0v) is 49.3. The Morgan fingerprint density at radius 2 is 1.29 bits per heavy atom. The van der Waals surface area contributed by atoms with Crippen molar-refractivity contribution in [1.29, 1.82) is 0 Å². The van der Waals surface area contributed by atoms with Gasteiger partial charge in [-0.2, -0.15) is 0 Å². The van der Waals surface area contributed by atoms with Crippen LogP contribution in [0.3, 0.4) is 0 Å². The number of rotatable bonds is 15. The van der Waals surface area contributed by atoms with Gasteiger partial charge in [-0.25, -0.2) is 10.9 Å². The van der Waals surface area contributed by atoms with Crippen molar-refractivity contribution in [2.75, 3.05) is 6.61 Å². The van der Waals surface area contributed by atoms with Gasteiger partial charge in [0.2, 0.25) is 58.8 Å². The highest BCUT2D eigenvalue weighted by atomic mass is 16.3. The SMILES string of the molecule is CC(=O)C[C@]1(C)CCCCCCC=CCCC[C@@](C)(C(=O)N[C@@H](CO)C(N)=O)NN[C@@H](CC(C)C)C(=O)C(=O)[C@H](CCC(N)=O)NC(=O)C(C)NC(=O)[C@@H](Cc2c[nH]c3ccccc23)NC(=O)[C@H](Cc2ccc(O)cc2)NC(=O)C(C)NC1=O. The van der Waals surface area contributed by atoms with Gasteiger partial charge in [0.15, 0.2) is 0 Å². The first kappa shape index (κ1) is 68.7. The van der Waals surface area contributed by atoms with Crippen LogP contribution >= 0.6 is 0 Å². The second-order valence-electron chi connectivity index (χ2n) is 22.9. The van der Waals surface area contributed by atoms with Crippen molar-refractivity contribution in [3.63, 3.8) is 0 Å². The summed E-state index contributed by atoms with van der Waals surface area (Å²) in [5.74, 6) is -9.31. The summed E-state index contributed by atoms with van der Waals surface area (Å²) in [7, 11) is 0. The quantitative estimate of drug-likeness (QED) is 0.0763. The van der Waals surface area contributed by atoms with E-state index in [1.807, 2.05) is 18.2 Å². The number of para-hydroxylation sites is 1. The molecular weight excluding hydrogens is 1080 g/mol. The summed E-state index contributed by atoms with van der Waals surface area (Å²) in [5, 5.41) is 36.4. The molecule has 0 radical (unpaired) electrons. The van der Waals surface area contributed by atoms with Crippen molar-refractivity contribution in [3.05, 3.63) is 78.0 Å². The third-order valence-electron chi connectivity index (χ3n) is 14.9. The average molecular weight is 1170 g/mol. The summed E-state index contributed by atoms with van der Waals surface area (Å²) < 4.78 is 0. The number of phenols is 1. The van der Waals surface area contributed by atoms with Crippen molar-refractivity contribution in [2.45, 2.75) is 193 Å². The molecule has 3 aromatic rings. The Bertz CT molecular complexity index is 2840. The molecule has 24 heteroatoms. The maximum absolute atomic E-state index is 14.7. The predicted molar refractivity (Wildman–Crippen MR) is 313 cm³/mol. The summed E-state index contributed by atoms with van der Waals surface area (Å²) in [6, 6.07) is 3.08. The Morgan fingerprint density at radius 3 is 1.92 bits per heavy atom. The highest BCUT2D eigenvalue weighted by Crippen LogP contribution is 2.30. The minimum atomic E-state index is -1.66. The summed E-state index contributed by atoms with van der Waals surface area (Å²) in [5.41, 5.74) is 15.7. The number of ketones is 3. The lowest BCUT2D eigenvalue weighted by atomic mass is 9.79. The number of hydrogen-bond acceptors (Lipinski definition) is 15. The number of Topliss-reactive ketones (excluding diaryl/α,β-unsaturated/α-hetero) is 3. The zero-order valence-electron chi connectivity index (χ0n) is 49.3. The van der Waals surface area contributed by atoms with Crippen LogP contribution < -0.4 is 54.2 Å².